The van der Waals surface area contributed by atoms with E-state index in [1.165, 1.54) is 161 Å². The molecule has 0 aromatic carbocycles. The lowest BCUT2D eigenvalue weighted by molar-refractivity contribution is -0.887. The Morgan fingerprint density at radius 1 is 0.470 bits per heavy atom. The maximum atomic E-state index is 12.8. The van der Waals surface area contributed by atoms with Crippen LogP contribution in [0.4, 0.5) is 0 Å². The summed E-state index contributed by atoms with van der Waals surface area (Å²) in [4.78, 5) is 37.2. The summed E-state index contributed by atoms with van der Waals surface area (Å²) in [6, 6.07) is -0.618. The number of unbranched alkanes of at least 4 members (excludes halogenated alkanes) is 28. The van der Waals surface area contributed by atoms with Crippen LogP contribution in [0.15, 0.2) is 48.6 Å². The molecular formula is C58H106NO7+. The van der Waals surface area contributed by atoms with E-state index in [0.29, 0.717) is 19.3 Å². The number of carboxylic acid groups (broad SMARTS) is 1. The third kappa shape index (κ3) is 46.4. The number of esters is 2. The van der Waals surface area contributed by atoms with Gasteiger partial charge >= 0.3 is 17.9 Å². The summed E-state index contributed by atoms with van der Waals surface area (Å²) in [5, 5.41) is 9.67. The van der Waals surface area contributed by atoms with Crippen LogP contribution in [-0.2, 0) is 28.6 Å². The molecule has 0 aromatic rings. The zero-order chi connectivity index (χ0) is 48.4. The van der Waals surface area contributed by atoms with Gasteiger partial charge in [-0.15, -0.1) is 0 Å². The SMILES string of the molecule is CC/C=C/C/C=C/C/C=C/CCCCCCCCCCCC(=O)OCC(COCCC(C(=O)O)[N+](C)(C)C)OC(=O)CCCCCCCCC/C=C/CCCCCCCCCCCCCC. The number of ether oxygens (including phenoxy) is 3. The van der Waals surface area contributed by atoms with Crippen molar-refractivity contribution in [2.45, 2.75) is 264 Å². The van der Waals surface area contributed by atoms with Crippen LogP contribution in [0.25, 0.3) is 0 Å². The number of likely N-dealkylation sites (N-methyl/N-ethyl adjacent to an activating group) is 1. The predicted molar refractivity (Wildman–Crippen MR) is 280 cm³/mol. The van der Waals surface area contributed by atoms with E-state index >= 15 is 0 Å². The van der Waals surface area contributed by atoms with Gasteiger partial charge in [-0.2, -0.15) is 0 Å². The minimum Gasteiger partial charge on any atom is -0.477 e. The number of carboxylic acids is 1. The highest BCUT2D eigenvalue weighted by molar-refractivity contribution is 5.72. The molecule has 384 valence electrons. The van der Waals surface area contributed by atoms with Gasteiger partial charge in [0.1, 0.15) is 6.61 Å². The third-order valence-electron chi connectivity index (χ3n) is 12.5. The van der Waals surface area contributed by atoms with E-state index in [-0.39, 0.29) is 36.2 Å². The molecule has 0 heterocycles. The molecule has 0 bridgehead atoms. The molecule has 0 fully saturated rings. The Balaban J connectivity index is 4.19. The average molecular weight is 929 g/mol. The van der Waals surface area contributed by atoms with Crippen molar-refractivity contribution < 1.29 is 38.2 Å². The van der Waals surface area contributed by atoms with E-state index in [1.54, 1.807) is 0 Å². The molecule has 8 heteroatoms. The smallest absolute Gasteiger partial charge is 0.362 e. The fourth-order valence-corrected chi connectivity index (χ4v) is 8.22. The zero-order valence-electron chi connectivity index (χ0n) is 43.9. The molecule has 0 amide bonds. The van der Waals surface area contributed by atoms with Crippen molar-refractivity contribution in [1.82, 2.24) is 0 Å². The number of aliphatic carboxylic acids is 1. The van der Waals surface area contributed by atoms with Gasteiger partial charge < -0.3 is 23.8 Å². The monoisotopic (exact) mass is 929 g/mol. The van der Waals surface area contributed by atoms with E-state index in [4.69, 9.17) is 14.2 Å². The zero-order valence-corrected chi connectivity index (χ0v) is 43.9. The van der Waals surface area contributed by atoms with E-state index in [0.717, 1.165) is 57.8 Å². The molecule has 8 nitrogen and oxygen atoms in total. The highest BCUT2D eigenvalue weighted by Crippen LogP contribution is 2.16. The Labute approximate surface area is 407 Å². The largest absolute Gasteiger partial charge is 0.477 e. The van der Waals surface area contributed by atoms with Crippen molar-refractivity contribution in [2.75, 3.05) is 41.0 Å². The second-order valence-corrected chi connectivity index (χ2v) is 19.8. The van der Waals surface area contributed by atoms with E-state index in [1.807, 2.05) is 21.1 Å². The Morgan fingerprint density at radius 3 is 1.27 bits per heavy atom. The van der Waals surface area contributed by atoms with Crippen LogP contribution in [0.2, 0.25) is 0 Å². The van der Waals surface area contributed by atoms with Gasteiger partial charge in [0.25, 0.3) is 0 Å². The van der Waals surface area contributed by atoms with Crippen LogP contribution in [-0.4, -0.2) is 80.6 Å². The Kier molecular flexibility index (Phi) is 46.7. The number of nitrogens with zero attached hydrogens (tertiary/aromatic N) is 1. The molecule has 0 spiro atoms. The first kappa shape index (κ1) is 63.3. The summed E-state index contributed by atoms with van der Waals surface area (Å²) in [6.07, 6.45) is 60.3. The predicted octanol–water partition coefficient (Wildman–Crippen LogP) is 16.3. The van der Waals surface area contributed by atoms with Crippen LogP contribution in [0, 0.1) is 0 Å². The van der Waals surface area contributed by atoms with Crippen LogP contribution >= 0.6 is 0 Å². The summed E-state index contributed by atoms with van der Waals surface area (Å²) in [5.74, 6) is -1.47. The van der Waals surface area contributed by atoms with Gasteiger partial charge in [-0.3, -0.25) is 9.59 Å². The van der Waals surface area contributed by atoms with E-state index in [2.05, 4.69) is 62.5 Å². The summed E-state index contributed by atoms with van der Waals surface area (Å²) >= 11 is 0. The molecule has 0 saturated heterocycles. The van der Waals surface area contributed by atoms with Crippen molar-refractivity contribution in [2.24, 2.45) is 0 Å². The van der Waals surface area contributed by atoms with Gasteiger partial charge in [0, 0.05) is 19.3 Å². The topological polar surface area (TPSA) is 99.1 Å². The lowest BCUT2D eigenvalue weighted by atomic mass is 10.0. The molecule has 0 saturated carbocycles. The number of allylic oxidation sites excluding steroid dienone is 8. The number of carbonyl (C=O) groups is 3. The molecule has 0 radical (unpaired) electrons. The minimum atomic E-state index is -0.875. The maximum absolute atomic E-state index is 12.8. The number of hydrogen-bond acceptors (Lipinski definition) is 6. The van der Waals surface area contributed by atoms with Crippen molar-refractivity contribution in [3.8, 4) is 0 Å². The fraction of sp³-hybridized carbons (Fsp3) is 0.810. The highest BCUT2D eigenvalue weighted by atomic mass is 16.6. The Bertz CT molecular complexity index is 1220. The number of carbonyl (C=O) groups excluding carboxylic acids is 2. The standard InChI is InChI=1S/C58H105NO7/c1-6-8-10-12-14-16-18-20-22-24-26-27-28-29-31-33-35-37-39-41-43-45-47-49-57(61)66-54(52-64-51-50-55(58(62)63)59(3,4)5)53-65-56(60)48-46-44-42-40-38-36-34-32-30-25-23-21-19-17-15-13-11-9-7-2/h9,11,15,17,21,23,29,31,54-55H,6-8,10,12-14,16,18-20,22,24-28,30,32-53H2,1-5H3/p+1/b11-9+,17-15+,23-21+,31-29+. The molecule has 2 unspecified atom stereocenters. The van der Waals surface area contributed by atoms with Crippen LogP contribution < -0.4 is 0 Å². The average Bonchev–Trinajstić information content (AvgIpc) is 3.28. The van der Waals surface area contributed by atoms with Gasteiger partial charge in [-0.05, 0) is 70.6 Å². The lowest BCUT2D eigenvalue weighted by Crippen LogP contribution is -2.50. The Hall–Kier alpha value is -2.71. The van der Waals surface area contributed by atoms with Gasteiger partial charge in [-0.1, -0.05) is 210 Å². The number of hydrogen-bond donors (Lipinski definition) is 1. The van der Waals surface area contributed by atoms with E-state index < -0.39 is 18.1 Å². The van der Waals surface area contributed by atoms with Crippen molar-refractivity contribution in [3.05, 3.63) is 48.6 Å². The molecule has 0 aromatic heterocycles. The van der Waals surface area contributed by atoms with Crippen molar-refractivity contribution in [3.63, 3.8) is 0 Å². The second-order valence-electron chi connectivity index (χ2n) is 19.8. The van der Waals surface area contributed by atoms with Gasteiger partial charge in [-0.25, -0.2) is 4.79 Å². The first-order valence-electron chi connectivity index (χ1n) is 27.7. The lowest BCUT2D eigenvalue weighted by Gasteiger charge is -2.31. The van der Waals surface area contributed by atoms with Crippen LogP contribution in [0.3, 0.4) is 0 Å². The second kappa shape index (κ2) is 48.7. The number of rotatable bonds is 50. The number of quaternary nitrogens is 1. The van der Waals surface area contributed by atoms with Crippen LogP contribution in [0.1, 0.15) is 251 Å². The maximum Gasteiger partial charge on any atom is 0.362 e. The summed E-state index contributed by atoms with van der Waals surface area (Å²) in [7, 11) is 5.54. The third-order valence-corrected chi connectivity index (χ3v) is 12.5. The first-order chi connectivity index (χ1) is 32.1. The van der Waals surface area contributed by atoms with Crippen molar-refractivity contribution >= 4 is 17.9 Å². The molecule has 1 N–H and O–H groups in total. The molecule has 66 heavy (non-hydrogen) atoms. The van der Waals surface area contributed by atoms with E-state index in [9.17, 15) is 19.5 Å². The molecule has 0 aliphatic rings. The van der Waals surface area contributed by atoms with Crippen LogP contribution in [0.5, 0.6) is 0 Å². The van der Waals surface area contributed by atoms with Gasteiger partial charge in [0.2, 0.25) is 0 Å². The summed E-state index contributed by atoms with van der Waals surface area (Å²) < 4.78 is 17.4. The molecule has 0 aliphatic carbocycles. The van der Waals surface area contributed by atoms with Gasteiger partial charge in [0.15, 0.2) is 12.1 Å². The molecule has 2 atom stereocenters. The highest BCUT2D eigenvalue weighted by Gasteiger charge is 2.31. The first-order valence-corrected chi connectivity index (χ1v) is 27.7. The summed E-state index contributed by atoms with van der Waals surface area (Å²) in [5.41, 5.74) is 0. The van der Waals surface area contributed by atoms with Crippen molar-refractivity contribution in [1.29, 1.82) is 0 Å². The molecule has 0 aliphatic heterocycles. The molecule has 0 rings (SSSR count). The summed E-state index contributed by atoms with van der Waals surface area (Å²) in [6.45, 7) is 4.65. The quantitative estimate of drug-likeness (QED) is 0.0281. The normalized spacial score (nSPS) is 13.2. The minimum absolute atomic E-state index is 0.0549. The van der Waals surface area contributed by atoms with Gasteiger partial charge in [0.05, 0.1) is 34.4 Å². The fourth-order valence-electron chi connectivity index (χ4n) is 8.22. The Morgan fingerprint density at radius 2 is 0.848 bits per heavy atom. The molecular weight excluding hydrogens is 823 g/mol.